The lowest BCUT2D eigenvalue weighted by atomic mass is 10.1. The number of fused-ring (bicyclic) bond motifs is 1. The molecule has 0 saturated heterocycles. The molecule has 8 nitrogen and oxygen atoms in total. The van der Waals surface area contributed by atoms with Gasteiger partial charge in [0.05, 0.1) is 25.6 Å². The first kappa shape index (κ1) is 20.7. The predicted octanol–water partition coefficient (Wildman–Crippen LogP) is 4.11. The summed E-state index contributed by atoms with van der Waals surface area (Å²) in [6, 6.07) is 10.5. The van der Waals surface area contributed by atoms with Crippen LogP contribution in [-0.4, -0.2) is 37.1 Å². The van der Waals surface area contributed by atoms with Crippen molar-refractivity contribution in [2.24, 2.45) is 0 Å². The Hall–Kier alpha value is -3.59. The molecular weight excluding hydrogens is 418 g/mol. The van der Waals surface area contributed by atoms with Crippen LogP contribution in [0.15, 0.2) is 36.4 Å². The molecule has 4 rings (SSSR count). The molecule has 0 aliphatic carbocycles. The Morgan fingerprint density at radius 1 is 1.16 bits per heavy atom. The average Bonchev–Trinajstić information content (AvgIpc) is 3.13. The number of methoxy groups -OCH3 is 2. The highest BCUT2D eigenvalue weighted by Gasteiger charge is 2.24. The number of nitrogens with one attached hydrogen (secondary N) is 2. The van der Waals surface area contributed by atoms with Crippen LogP contribution in [0.3, 0.4) is 0 Å². The molecule has 3 aromatic rings. The molecule has 9 heteroatoms. The molecule has 2 N–H and O–H groups in total. The number of benzene rings is 2. The quantitative estimate of drug-likeness (QED) is 0.621. The number of carbonyl (C=O) groups is 2. The summed E-state index contributed by atoms with van der Waals surface area (Å²) >= 11 is 1.37. The van der Waals surface area contributed by atoms with Crippen molar-refractivity contribution in [3.8, 4) is 28.5 Å². The van der Waals surface area contributed by atoms with Gasteiger partial charge < -0.3 is 19.5 Å². The summed E-state index contributed by atoms with van der Waals surface area (Å²) in [5.41, 5.74) is 2.53. The average molecular weight is 439 g/mol. The van der Waals surface area contributed by atoms with Crippen LogP contribution in [0, 0.1) is 6.92 Å². The maximum atomic E-state index is 12.7. The van der Waals surface area contributed by atoms with Crippen LogP contribution in [0.2, 0.25) is 0 Å². The first-order valence-corrected chi connectivity index (χ1v) is 10.3. The molecule has 0 bridgehead atoms. The van der Waals surface area contributed by atoms with Crippen LogP contribution in [0.25, 0.3) is 11.3 Å². The van der Waals surface area contributed by atoms with Gasteiger partial charge in [-0.05, 0) is 44.2 Å². The van der Waals surface area contributed by atoms with E-state index < -0.39 is 6.10 Å². The molecule has 1 aliphatic rings. The summed E-state index contributed by atoms with van der Waals surface area (Å²) in [6.07, 6.45) is -0.531. The minimum absolute atomic E-state index is 0.193. The maximum Gasteiger partial charge on any atom is 0.265 e. The summed E-state index contributed by atoms with van der Waals surface area (Å²) in [5, 5.41) is 6.13. The number of ether oxygens (including phenoxy) is 3. The number of aromatic nitrogens is 1. The van der Waals surface area contributed by atoms with Crippen LogP contribution in [0.1, 0.15) is 22.2 Å². The van der Waals surface area contributed by atoms with Crippen molar-refractivity contribution in [2.45, 2.75) is 20.0 Å². The van der Waals surface area contributed by atoms with Gasteiger partial charge in [0.15, 0.2) is 11.2 Å². The predicted molar refractivity (Wildman–Crippen MR) is 119 cm³/mol. The van der Waals surface area contributed by atoms with E-state index >= 15 is 0 Å². The smallest absolute Gasteiger partial charge is 0.265 e. The number of hydrogen-bond donors (Lipinski definition) is 2. The van der Waals surface area contributed by atoms with E-state index in [9.17, 15) is 9.59 Å². The fourth-order valence-corrected chi connectivity index (χ4v) is 4.01. The zero-order valence-corrected chi connectivity index (χ0v) is 18.3. The molecule has 1 atom stereocenters. The van der Waals surface area contributed by atoms with Crippen molar-refractivity contribution in [3.05, 3.63) is 46.8 Å². The van der Waals surface area contributed by atoms with Gasteiger partial charge in [-0.1, -0.05) is 0 Å². The molecule has 2 heterocycles. The highest BCUT2D eigenvalue weighted by atomic mass is 32.1. The Morgan fingerprint density at radius 2 is 1.87 bits per heavy atom. The topological polar surface area (TPSA) is 98.8 Å². The van der Waals surface area contributed by atoms with Crippen LogP contribution in [0.4, 0.5) is 10.8 Å². The number of rotatable bonds is 5. The summed E-state index contributed by atoms with van der Waals surface area (Å²) in [7, 11) is 3.05. The molecule has 0 unspecified atom stereocenters. The van der Waals surface area contributed by atoms with Crippen LogP contribution in [0.5, 0.6) is 17.2 Å². The molecular formula is C22H21N3O5S. The van der Waals surface area contributed by atoms with E-state index in [-0.39, 0.29) is 11.8 Å². The number of aryl methyl sites for hydroxylation is 1. The van der Waals surface area contributed by atoms with Gasteiger partial charge in [-0.25, -0.2) is 4.98 Å². The first-order valence-electron chi connectivity index (χ1n) is 9.51. The molecule has 0 fully saturated rings. The molecule has 2 amide bonds. The van der Waals surface area contributed by atoms with E-state index in [0.717, 1.165) is 16.1 Å². The van der Waals surface area contributed by atoms with E-state index in [4.69, 9.17) is 14.2 Å². The van der Waals surface area contributed by atoms with Crippen molar-refractivity contribution in [1.29, 1.82) is 0 Å². The Morgan fingerprint density at radius 3 is 2.55 bits per heavy atom. The highest BCUT2D eigenvalue weighted by molar-refractivity contribution is 7.16. The van der Waals surface area contributed by atoms with E-state index in [2.05, 4.69) is 15.6 Å². The molecule has 0 spiro atoms. The zero-order valence-electron chi connectivity index (χ0n) is 17.4. The summed E-state index contributed by atoms with van der Waals surface area (Å²) < 4.78 is 16.1. The molecule has 31 heavy (non-hydrogen) atoms. The normalized spacial score (nSPS) is 14.8. The third-order valence-corrected chi connectivity index (χ3v) is 5.70. The van der Waals surface area contributed by atoms with Crippen molar-refractivity contribution < 1.29 is 23.8 Å². The van der Waals surface area contributed by atoms with E-state index in [0.29, 0.717) is 33.6 Å². The third-order valence-electron chi connectivity index (χ3n) is 4.81. The lowest BCUT2D eigenvalue weighted by Gasteiger charge is -2.23. The number of thiazole rings is 1. The number of amides is 2. The Bertz CT molecular complexity index is 1150. The fraction of sp³-hybridized carbons (Fsp3) is 0.227. The van der Waals surface area contributed by atoms with Gasteiger partial charge in [0, 0.05) is 22.1 Å². The van der Waals surface area contributed by atoms with Crippen molar-refractivity contribution in [3.63, 3.8) is 0 Å². The van der Waals surface area contributed by atoms with Crippen molar-refractivity contribution >= 4 is 34.0 Å². The molecule has 1 aromatic heterocycles. The van der Waals surface area contributed by atoms with Gasteiger partial charge in [-0.2, -0.15) is 0 Å². The summed E-state index contributed by atoms with van der Waals surface area (Å²) in [5.74, 6) is 1.14. The number of carbonyl (C=O) groups excluding carboxylic acids is 2. The van der Waals surface area contributed by atoms with Crippen molar-refractivity contribution in [2.75, 3.05) is 24.9 Å². The molecule has 2 aromatic carbocycles. The Labute approximate surface area is 183 Å². The standard InChI is InChI=1S/C22H21N3O5S/c1-11-20(26)23-17-9-13(5-6-18(17)30-11)19-12(2)31-22(24-19)25-21(27)14-7-15(28-3)10-16(8-14)29-4/h5-11H,1-4H3,(H,23,26)(H,24,25,27)/t11-/m0/s1. The van der Waals surface area contributed by atoms with Gasteiger partial charge in [0.2, 0.25) is 0 Å². The molecule has 160 valence electrons. The lowest BCUT2D eigenvalue weighted by molar-refractivity contribution is -0.122. The Kier molecular flexibility index (Phi) is 5.51. The number of hydrogen-bond acceptors (Lipinski definition) is 7. The van der Waals surface area contributed by atoms with Gasteiger partial charge >= 0.3 is 0 Å². The lowest BCUT2D eigenvalue weighted by Crippen LogP contribution is -2.34. The van der Waals surface area contributed by atoms with Crippen LogP contribution >= 0.6 is 11.3 Å². The fourth-order valence-electron chi connectivity index (χ4n) is 3.18. The molecule has 0 saturated carbocycles. The summed E-state index contributed by atoms with van der Waals surface area (Å²) in [4.78, 5) is 30.2. The monoisotopic (exact) mass is 439 g/mol. The van der Waals surface area contributed by atoms with E-state index in [1.165, 1.54) is 25.6 Å². The van der Waals surface area contributed by atoms with E-state index in [1.807, 2.05) is 19.1 Å². The SMILES string of the molecule is COc1cc(OC)cc(C(=O)Nc2nc(-c3ccc4c(c3)NC(=O)[C@H](C)O4)c(C)s2)c1. The number of anilines is 2. The minimum Gasteiger partial charge on any atom is -0.497 e. The molecule has 1 aliphatic heterocycles. The van der Waals surface area contributed by atoms with Crippen LogP contribution in [-0.2, 0) is 4.79 Å². The first-order chi connectivity index (χ1) is 14.9. The minimum atomic E-state index is -0.531. The Balaban J connectivity index is 1.58. The highest BCUT2D eigenvalue weighted by Crippen LogP contribution is 2.37. The van der Waals surface area contributed by atoms with Gasteiger partial charge in [-0.15, -0.1) is 11.3 Å². The second-order valence-electron chi connectivity index (χ2n) is 6.94. The third kappa shape index (κ3) is 4.17. The molecule has 0 radical (unpaired) electrons. The van der Waals surface area contributed by atoms with Gasteiger partial charge in [0.1, 0.15) is 17.2 Å². The maximum absolute atomic E-state index is 12.7. The van der Waals surface area contributed by atoms with Gasteiger partial charge in [-0.3, -0.25) is 14.9 Å². The second kappa shape index (κ2) is 8.27. The van der Waals surface area contributed by atoms with Crippen molar-refractivity contribution in [1.82, 2.24) is 4.98 Å². The second-order valence-corrected chi connectivity index (χ2v) is 8.14. The summed E-state index contributed by atoms with van der Waals surface area (Å²) in [6.45, 7) is 3.62. The zero-order chi connectivity index (χ0) is 22.1. The van der Waals surface area contributed by atoms with Crippen LogP contribution < -0.4 is 24.8 Å². The van der Waals surface area contributed by atoms with E-state index in [1.54, 1.807) is 31.2 Å². The number of nitrogens with zero attached hydrogens (tertiary/aromatic N) is 1. The largest absolute Gasteiger partial charge is 0.497 e. The van der Waals surface area contributed by atoms with Gasteiger partial charge in [0.25, 0.3) is 11.8 Å².